The quantitative estimate of drug-likeness (QED) is 0.105. The SMILES string of the molecule is CCO[Si](CCCSSS(=S)CCC[Si](OCC)(OCC)OCC)(OCC)OCC. The first kappa shape index (κ1) is 31.5. The van der Waals surface area contributed by atoms with E-state index in [9.17, 15) is 0 Å². The van der Waals surface area contributed by atoms with Crippen molar-refractivity contribution in [2.75, 3.05) is 51.1 Å². The smallest absolute Gasteiger partial charge is 0.374 e. The van der Waals surface area contributed by atoms with Crippen molar-refractivity contribution in [3.63, 3.8) is 0 Å². The van der Waals surface area contributed by atoms with Gasteiger partial charge in [-0.3, -0.25) is 0 Å². The van der Waals surface area contributed by atoms with Gasteiger partial charge >= 0.3 is 17.6 Å². The minimum absolute atomic E-state index is 0.115. The second kappa shape index (κ2) is 19.9. The Kier molecular flexibility index (Phi) is 20.9. The fourth-order valence-electron chi connectivity index (χ4n) is 2.88. The van der Waals surface area contributed by atoms with E-state index in [0.29, 0.717) is 39.6 Å². The first-order chi connectivity index (χ1) is 14.5. The topological polar surface area (TPSA) is 55.4 Å². The molecular formula is C18H42O6S4Si2. The molecule has 30 heavy (non-hydrogen) atoms. The van der Waals surface area contributed by atoms with Crippen LogP contribution in [0.25, 0.3) is 0 Å². The van der Waals surface area contributed by atoms with Crippen molar-refractivity contribution < 1.29 is 26.6 Å². The summed E-state index contributed by atoms with van der Waals surface area (Å²) in [6.45, 7) is 15.7. The molecule has 182 valence electrons. The minimum Gasteiger partial charge on any atom is -0.374 e. The van der Waals surface area contributed by atoms with Gasteiger partial charge in [0.2, 0.25) is 0 Å². The molecule has 0 N–H and O–H groups in total. The maximum atomic E-state index is 5.92. The molecular weight excluding hydrogens is 497 g/mol. The molecule has 0 fully saturated rings. The Balaban J connectivity index is 4.27. The normalized spacial score (nSPS) is 13.7. The molecule has 0 aliphatic carbocycles. The van der Waals surface area contributed by atoms with Crippen LogP contribution in [0.2, 0.25) is 12.1 Å². The monoisotopic (exact) mass is 538 g/mol. The molecule has 0 radical (unpaired) electrons. The average Bonchev–Trinajstić information content (AvgIpc) is 2.69. The van der Waals surface area contributed by atoms with Crippen molar-refractivity contribution in [3.05, 3.63) is 0 Å². The van der Waals surface area contributed by atoms with Crippen LogP contribution in [0.4, 0.5) is 0 Å². The third-order valence-corrected chi connectivity index (χ3v) is 17.4. The zero-order valence-corrected chi connectivity index (χ0v) is 24.8. The van der Waals surface area contributed by atoms with E-state index in [1.807, 2.05) is 52.3 Å². The Morgan fingerprint density at radius 3 is 1.37 bits per heavy atom. The summed E-state index contributed by atoms with van der Waals surface area (Å²) in [5.74, 6) is 1.99. The standard InChI is InChI=1S/C18H42O6S4Si2/c1-7-19-29(20-8-2,21-9-3)17-13-15-26-27-28(25)16-14-18-30(22-10-4,23-11-5)24-12-6/h7-18H2,1-6H3. The van der Waals surface area contributed by atoms with Crippen LogP contribution in [0.1, 0.15) is 54.4 Å². The Morgan fingerprint density at radius 1 is 0.633 bits per heavy atom. The third-order valence-electron chi connectivity index (χ3n) is 3.81. The summed E-state index contributed by atoms with van der Waals surface area (Å²) in [6, 6.07) is 1.69. The Morgan fingerprint density at radius 2 is 1.00 bits per heavy atom. The molecule has 12 heteroatoms. The minimum atomic E-state index is -2.55. The summed E-state index contributed by atoms with van der Waals surface area (Å²) in [4.78, 5) is 0. The van der Waals surface area contributed by atoms with Crippen LogP contribution in [0.15, 0.2) is 0 Å². The zero-order valence-electron chi connectivity index (χ0n) is 19.6. The number of hydrogen-bond donors (Lipinski definition) is 0. The lowest BCUT2D eigenvalue weighted by atomic mass is 10.6. The summed E-state index contributed by atoms with van der Waals surface area (Å²) < 4.78 is 35.5. The summed E-state index contributed by atoms with van der Waals surface area (Å²) in [5, 5.41) is 0. The highest BCUT2D eigenvalue weighted by molar-refractivity contribution is 9.11. The van der Waals surface area contributed by atoms with Gasteiger partial charge in [-0.1, -0.05) is 19.3 Å². The van der Waals surface area contributed by atoms with E-state index in [4.69, 9.17) is 37.7 Å². The van der Waals surface area contributed by atoms with Gasteiger partial charge in [0.1, 0.15) is 0 Å². The van der Waals surface area contributed by atoms with Crippen molar-refractivity contribution in [3.8, 4) is 0 Å². The van der Waals surface area contributed by atoms with E-state index in [0.717, 1.165) is 36.4 Å². The average molecular weight is 539 g/mol. The van der Waals surface area contributed by atoms with Crippen LogP contribution in [0.3, 0.4) is 0 Å². The predicted molar refractivity (Wildman–Crippen MR) is 140 cm³/mol. The second-order valence-corrected chi connectivity index (χ2v) is 18.7. The largest absolute Gasteiger partial charge is 0.500 e. The van der Waals surface area contributed by atoms with Crippen molar-refractivity contribution in [2.24, 2.45) is 0 Å². The molecule has 0 aliphatic heterocycles. The molecule has 0 amide bonds. The van der Waals surface area contributed by atoms with Gasteiger partial charge in [-0.2, -0.15) is 0 Å². The van der Waals surface area contributed by atoms with E-state index in [2.05, 4.69) is 0 Å². The van der Waals surface area contributed by atoms with Gasteiger partial charge in [0.05, 0.1) is 0 Å². The van der Waals surface area contributed by atoms with Crippen LogP contribution in [0.5, 0.6) is 0 Å². The Hall–Kier alpha value is 1.46. The predicted octanol–water partition coefficient (Wildman–Crippen LogP) is 5.24. The van der Waals surface area contributed by atoms with Crippen LogP contribution in [-0.4, -0.2) is 68.8 Å². The summed E-state index contributed by atoms with van der Waals surface area (Å²) in [6.07, 6.45) is 1.98. The van der Waals surface area contributed by atoms with Gasteiger partial charge < -0.3 is 26.6 Å². The second-order valence-electron chi connectivity index (χ2n) is 6.07. The summed E-state index contributed by atoms with van der Waals surface area (Å²) in [7, 11) is -1.54. The highest BCUT2D eigenvalue weighted by Crippen LogP contribution is 2.30. The maximum absolute atomic E-state index is 5.92. The molecule has 0 bridgehead atoms. The Labute approximate surface area is 201 Å². The first-order valence-corrected chi connectivity index (χ1v) is 20.0. The molecule has 0 saturated heterocycles. The zero-order chi connectivity index (χ0) is 22.7. The number of rotatable bonds is 22. The molecule has 0 aromatic carbocycles. The molecule has 1 atom stereocenters. The van der Waals surface area contributed by atoms with Gasteiger partial charge in [0.25, 0.3) is 0 Å². The fourth-order valence-corrected chi connectivity index (χ4v) is 14.5. The first-order valence-electron chi connectivity index (χ1n) is 11.0. The van der Waals surface area contributed by atoms with Crippen LogP contribution < -0.4 is 0 Å². The van der Waals surface area contributed by atoms with Crippen LogP contribution >= 0.6 is 20.6 Å². The molecule has 0 aromatic rings. The van der Waals surface area contributed by atoms with Crippen molar-refractivity contribution >= 4 is 57.9 Å². The van der Waals surface area contributed by atoms with Crippen molar-refractivity contribution in [2.45, 2.75) is 66.5 Å². The lowest BCUT2D eigenvalue weighted by Crippen LogP contribution is -2.46. The molecule has 0 heterocycles. The van der Waals surface area contributed by atoms with Crippen LogP contribution in [-0.2, 0) is 46.2 Å². The van der Waals surface area contributed by atoms with Gasteiger partial charge in [-0.25, -0.2) is 0 Å². The summed E-state index contributed by atoms with van der Waals surface area (Å²) >= 11 is 5.66. The molecule has 1 unspecified atom stereocenters. The van der Waals surface area contributed by atoms with Crippen LogP contribution in [0, 0.1) is 0 Å². The highest BCUT2D eigenvalue weighted by atomic mass is 33.6. The van der Waals surface area contributed by atoms with Gasteiger partial charge in [-0.15, -0.1) is 0 Å². The molecule has 0 aliphatic rings. The highest BCUT2D eigenvalue weighted by Gasteiger charge is 2.40. The van der Waals surface area contributed by atoms with E-state index < -0.39 is 17.6 Å². The fraction of sp³-hybridized carbons (Fsp3) is 1.00. The molecule has 0 aromatic heterocycles. The van der Waals surface area contributed by atoms with Crippen molar-refractivity contribution in [1.29, 1.82) is 0 Å². The molecule has 0 rings (SSSR count). The number of hydrogen-bond acceptors (Lipinski definition) is 9. The molecule has 0 spiro atoms. The van der Waals surface area contributed by atoms with E-state index in [-0.39, 0.29) is 8.49 Å². The third kappa shape index (κ3) is 13.9. The van der Waals surface area contributed by atoms with Gasteiger partial charge in [-0.05, 0) is 75.4 Å². The lowest BCUT2D eigenvalue weighted by molar-refractivity contribution is 0.0704. The lowest BCUT2D eigenvalue weighted by Gasteiger charge is -2.28. The van der Waals surface area contributed by atoms with Crippen molar-refractivity contribution in [1.82, 2.24) is 0 Å². The van der Waals surface area contributed by atoms with Gasteiger partial charge in [0.15, 0.2) is 0 Å². The molecule has 0 saturated carbocycles. The van der Waals surface area contributed by atoms with E-state index in [1.165, 1.54) is 0 Å². The van der Waals surface area contributed by atoms with Gasteiger partial charge in [0, 0.05) is 63.2 Å². The van der Waals surface area contributed by atoms with E-state index in [1.54, 1.807) is 9.83 Å². The maximum Gasteiger partial charge on any atom is 0.500 e. The Bertz CT molecular complexity index is 403. The van der Waals surface area contributed by atoms with E-state index >= 15 is 0 Å². The molecule has 6 nitrogen and oxygen atoms in total. The summed E-state index contributed by atoms with van der Waals surface area (Å²) in [5.41, 5.74) is 0.